The van der Waals surface area contributed by atoms with Crippen LogP contribution >= 0.6 is 0 Å². The molecule has 0 radical (unpaired) electrons. The summed E-state index contributed by atoms with van der Waals surface area (Å²) < 4.78 is 1.84. The number of aromatic nitrogens is 3. The van der Waals surface area contributed by atoms with Gasteiger partial charge in [-0.1, -0.05) is 42.5 Å². The molecule has 1 fully saturated rings. The first-order chi connectivity index (χ1) is 15.4. The third-order valence-electron chi connectivity index (χ3n) is 6.67. The van der Waals surface area contributed by atoms with Crippen LogP contribution in [0.4, 0.5) is 0 Å². The molecule has 1 aliphatic heterocycles. The topological polar surface area (TPSA) is 53.7 Å². The Kier molecular flexibility index (Phi) is 5.31. The van der Waals surface area contributed by atoms with Crippen molar-refractivity contribution >= 4 is 5.65 Å². The number of nitrogens with zero attached hydrogens (tertiary/aromatic N) is 4. The number of aliphatic hydroxyl groups is 1. The predicted molar refractivity (Wildman–Crippen MR) is 129 cm³/mol. The normalized spacial score (nSPS) is 16.0. The summed E-state index contributed by atoms with van der Waals surface area (Å²) >= 11 is 0. The number of likely N-dealkylation sites (tertiary alicyclic amines) is 1. The van der Waals surface area contributed by atoms with Crippen molar-refractivity contribution in [1.82, 2.24) is 19.5 Å². The molecule has 4 aromatic rings. The minimum atomic E-state index is -0.890. The van der Waals surface area contributed by atoms with E-state index < -0.39 is 5.60 Å². The number of piperidine rings is 1. The van der Waals surface area contributed by atoms with Crippen molar-refractivity contribution in [2.45, 2.75) is 38.2 Å². The maximum absolute atomic E-state index is 10.4. The Morgan fingerprint density at radius 3 is 2.41 bits per heavy atom. The number of benzene rings is 2. The van der Waals surface area contributed by atoms with Gasteiger partial charge in [-0.25, -0.2) is 9.50 Å². The van der Waals surface area contributed by atoms with Gasteiger partial charge in [0.2, 0.25) is 0 Å². The van der Waals surface area contributed by atoms with Crippen molar-refractivity contribution < 1.29 is 5.11 Å². The van der Waals surface area contributed by atoms with E-state index in [-0.39, 0.29) is 0 Å². The van der Waals surface area contributed by atoms with Gasteiger partial charge in [0.1, 0.15) is 0 Å². The summed E-state index contributed by atoms with van der Waals surface area (Å²) in [6.45, 7) is 5.94. The van der Waals surface area contributed by atoms with Gasteiger partial charge in [0.25, 0.3) is 0 Å². The Morgan fingerprint density at radius 1 is 0.938 bits per heavy atom. The van der Waals surface area contributed by atoms with Crippen LogP contribution in [0.5, 0.6) is 0 Å². The molecule has 2 aromatic carbocycles. The minimum Gasteiger partial charge on any atom is -0.386 e. The molecule has 164 valence electrons. The highest BCUT2D eigenvalue weighted by Gasteiger charge is 2.19. The lowest BCUT2D eigenvalue weighted by atomic mass is 9.89. The molecule has 0 saturated carbocycles. The molecule has 1 aliphatic rings. The summed E-state index contributed by atoms with van der Waals surface area (Å²) in [6.07, 6.45) is 8.27. The van der Waals surface area contributed by atoms with E-state index >= 15 is 0 Å². The van der Waals surface area contributed by atoms with Crippen LogP contribution in [0.2, 0.25) is 0 Å². The Balaban J connectivity index is 1.42. The largest absolute Gasteiger partial charge is 0.386 e. The fourth-order valence-corrected chi connectivity index (χ4v) is 4.58. The molecular weight excluding hydrogens is 396 g/mol. The van der Waals surface area contributed by atoms with Gasteiger partial charge >= 0.3 is 0 Å². The molecule has 0 unspecified atom stereocenters. The van der Waals surface area contributed by atoms with E-state index in [1.165, 1.54) is 31.5 Å². The van der Waals surface area contributed by atoms with Gasteiger partial charge in [-0.3, -0.25) is 0 Å². The smallest absolute Gasteiger partial charge is 0.162 e. The van der Waals surface area contributed by atoms with Gasteiger partial charge in [0.15, 0.2) is 5.65 Å². The molecule has 1 saturated heterocycles. The SMILES string of the molecule is CN1CCC(c2ccc(-c3cnc4c(-c5cccc(C(C)(C)O)c5)cnn4c3)cc2)CC1. The standard InChI is InChI=1S/C27H30N4O/c1-27(2,32)24-6-4-5-22(15-24)25-17-29-31-18-23(16-28-26(25)31)20-9-7-19(8-10-20)21-11-13-30(3)14-12-21/h4-10,15-18,21,32H,11-14H2,1-3H3. The molecule has 5 rings (SSSR count). The number of rotatable bonds is 4. The second-order valence-corrected chi connectivity index (χ2v) is 9.51. The molecule has 0 amide bonds. The van der Waals surface area contributed by atoms with Crippen LogP contribution in [-0.2, 0) is 5.60 Å². The quantitative estimate of drug-likeness (QED) is 0.493. The number of hydrogen-bond donors (Lipinski definition) is 1. The van der Waals surface area contributed by atoms with E-state index in [4.69, 9.17) is 4.98 Å². The van der Waals surface area contributed by atoms with Gasteiger partial charge in [-0.2, -0.15) is 5.10 Å². The lowest BCUT2D eigenvalue weighted by Gasteiger charge is -2.29. The number of hydrogen-bond acceptors (Lipinski definition) is 4. The van der Waals surface area contributed by atoms with Crippen LogP contribution < -0.4 is 0 Å². The third kappa shape index (κ3) is 4.06. The lowest BCUT2D eigenvalue weighted by Crippen LogP contribution is -2.29. The molecule has 0 aliphatic carbocycles. The zero-order chi connectivity index (χ0) is 22.3. The monoisotopic (exact) mass is 426 g/mol. The molecular formula is C27H30N4O. The van der Waals surface area contributed by atoms with Crippen molar-refractivity contribution in [2.24, 2.45) is 0 Å². The van der Waals surface area contributed by atoms with Crippen LogP contribution in [0.15, 0.2) is 67.1 Å². The zero-order valence-electron chi connectivity index (χ0n) is 19.0. The first-order valence-electron chi connectivity index (χ1n) is 11.3. The zero-order valence-corrected chi connectivity index (χ0v) is 19.0. The van der Waals surface area contributed by atoms with Gasteiger partial charge in [0, 0.05) is 23.5 Å². The van der Waals surface area contributed by atoms with E-state index in [0.717, 1.165) is 33.5 Å². The van der Waals surface area contributed by atoms with Crippen LogP contribution in [0, 0.1) is 0 Å². The summed E-state index contributed by atoms with van der Waals surface area (Å²) in [6, 6.07) is 16.9. The van der Waals surface area contributed by atoms with Crippen molar-refractivity contribution in [3.63, 3.8) is 0 Å². The molecule has 5 nitrogen and oxygen atoms in total. The van der Waals surface area contributed by atoms with E-state index in [1.807, 2.05) is 47.4 Å². The molecule has 2 aromatic heterocycles. The van der Waals surface area contributed by atoms with Crippen molar-refractivity contribution in [1.29, 1.82) is 0 Å². The highest BCUT2D eigenvalue weighted by molar-refractivity contribution is 5.78. The van der Waals surface area contributed by atoms with Crippen LogP contribution in [-0.4, -0.2) is 44.7 Å². The Morgan fingerprint density at radius 2 is 1.69 bits per heavy atom. The maximum Gasteiger partial charge on any atom is 0.162 e. The minimum absolute atomic E-state index is 0.661. The van der Waals surface area contributed by atoms with Gasteiger partial charge < -0.3 is 10.0 Å². The highest BCUT2D eigenvalue weighted by atomic mass is 16.3. The molecule has 0 spiro atoms. The first kappa shape index (κ1) is 20.9. The maximum atomic E-state index is 10.4. The predicted octanol–water partition coefficient (Wildman–Crippen LogP) is 5.10. The summed E-state index contributed by atoms with van der Waals surface area (Å²) in [5.74, 6) is 0.661. The summed E-state index contributed by atoms with van der Waals surface area (Å²) in [4.78, 5) is 7.15. The summed E-state index contributed by atoms with van der Waals surface area (Å²) in [7, 11) is 2.20. The van der Waals surface area contributed by atoms with E-state index in [9.17, 15) is 5.11 Å². The molecule has 1 N–H and O–H groups in total. The van der Waals surface area contributed by atoms with Crippen molar-refractivity contribution in [3.8, 4) is 22.3 Å². The van der Waals surface area contributed by atoms with Crippen LogP contribution in [0.1, 0.15) is 43.7 Å². The Bertz CT molecular complexity index is 1230. The van der Waals surface area contributed by atoms with Gasteiger partial charge in [0.05, 0.1) is 11.8 Å². The van der Waals surface area contributed by atoms with Crippen molar-refractivity contribution in [3.05, 3.63) is 78.2 Å². The average molecular weight is 427 g/mol. The summed E-state index contributed by atoms with van der Waals surface area (Å²) in [5, 5.41) is 14.9. The molecule has 0 atom stereocenters. The fourth-order valence-electron chi connectivity index (χ4n) is 4.58. The van der Waals surface area contributed by atoms with Crippen molar-refractivity contribution in [2.75, 3.05) is 20.1 Å². The Labute approximate surface area is 189 Å². The Hall–Kier alpha value is -3.02. The molecule has 0 bridgehead atoms. The molecule has 5 heteroatoms. The summed E-state index contributed by atoms with van der Waals surface area (Å²) in [5.41, 5.74) is 6.38. The van der Waals surface area contributed by atoms with Crippen LogP contribution in [0.25, 0.3) is 27.9 Å². The van der Waals surface area contributed by atoms with Gasteiger partial charge in [-0.05, 0) is 81.1 Å². The number of fused-ring (bicyclic) bond motifs is 1. The molecule has 3 heterocycles. The highest BCUT2D eigenvalue weighted by Crippen LogP contribution is 2.31. The van der Waals surface area contributed by atoms with Crippen LogP contribution in [0.3, 0.4) is 0 Å². The second-order valence-electron chi connectivity index (χ2n) is 9.51. The molecule has 32 heavy (non-hydrogen) atoms. The lowest BCUT2D eigenvalue weighted by molar-refractivity contribution is 0.0786. The first-order valence-corrected chi connectivity index (χ1v) is 11.3. The van der Waals surface area contributed by atoms with E-state index in [0.29, 0.717) is 5.92 Å². The third-order valence-corrected chi connectivity index (χ3v) is 6.67. The second kappa shape index (κ2) is 8.15. The van der Waals surface area contributed by atoms with E-state index in [2.05, 4.69) is 41.3 Å². The van der Waals surface area contributed by atoms with Gasteiger partial charge in [-0.15, -0.1) is 0 Å². The fraction of sp³-hybridized carbons (Fsp3) is 0.333. The van der Waals surface area contributed by atoms with E-state index in [1.54, 1.807) is 13.8 Å². The average Bonchev–Trinajstić information content (AvgIpc) is 3.23.